The van der Waals surface area contributed by atoms with Gasteiger partial charge in [-0.15, -0.1) is 0 Å². The Morgan fingerprint density at radius 3 is 2.64 bits per heavy atom. The zero-order valence-corrected chi connectivity index (χ0v) is 14.5. The Labute approximate surface area is 151 Å². The van der Waals surface area contributed by atoms with Crippen LogP contribution in [0.3, 0.4) is 0 Å². The third-order valence-electron chi connectivity index (χ3n) is 4.95. The van der Waals surface area contributed by atoms with Crippen LogP contribution in [-0.4, -0.2) is 18.4 Å². The molecule has 2 unspecified atom stereocenters. The van der Waals surface area contributed by atoms with Gasteiger partial charge in [0.15, 0.2) is 0 Å². The average Bonchev–Trinajstić information content (AvgIpc) is 3.43. The van der Waals surface area contributed by atoms with Crippen LogP contribution >= 0.6 is 11.6 Å². The van der Waals surface area contributed by atoms with Crippen molar-refractivity contribution >= 4 is 34.8 Å². The number of aryl methyl sites for hydroxylation is 1. The van der Waals surface area contributed by atoms with Gasteiger partial charge in [0, 0.05) is 12.2 Å². The van der Waals surface area contributed by atoms with Gasteiger partial charge in [-0.3, -0.25) is 9.59 Å². The third-order valence-corrected chi connectivity index (χ3v) is 5.28. The van der Waals surface area contributed by atoms with Gasteiger partial charge in [0.2, 0.25) is 11.8 Å². The second kappa shape index (κ2) is 6.52. The van der Waals surface area contributed by atoms with Gasteiger partial charge in [0.1, 0.15) is 0 Å². The number of para-hydroxylation sites is 2. The first-order valence-electron chi connectivity index (χ1n) is 8.60. The van der Waals surface area contributed by atoms with Crippen molar-refractivity contribution in [3.05, 3.63) is 59.1 Å². The fourth-order valence-corrected chi connectivity index (χ4v) is 3.69. The summed E-state index contributed by atoms with van der Waals surface area (Å²) in [5, 5.41) is 3.34. The number of carbonyl (C=O) groups excluding carboxylic acids is 2. The largest absolute Gasteiger partial charge is 0.325 e. The summed E-state index contributed by atoms with van der Waals surface area (Å²) in [4.78, 5) is 27.2. The van der Waals surface area contributed by atoms with Crippen molar-refractivity contribution in [2.75, 3.05) is 16.8 Å². The summed E-state index contributed by atoms with van der Waals surface area (Å²) in [5.74, 6) is -0.560. The van der Waals surface area contributed by atoms with Crippen LogP contribution in [0.5, 0.6) is 0 Å². The minimum Gasteiger partial charge on any atom is -0.325 e. The molecule has 2 aliphatic rings. The number of rotatable bonds is 3. The maximum Gasteiger partial charge on any atom is 0.230 e. The van der Waals surface area contributed by atoms with E-state index in [2.05, 4.69) is 11.4 Å². The lowest BCUT2D eigenvalue weighted by Crippen LogP contribution is -2.37. The van der Waals surface area contributed by atoms with Crippen molar-refractivity contribution < 1.29 is 9.59 Å². The van der Waals surface area contributed by atoms with Gasteiger partial charge in [0.25, 0.3) is 0 Å². The van der Waals surface area contributed by atoms with Crippen molar-refractivity contribution in [2.45, 2.75) is 19.3 Å². The van der Waals surface area contributed by atoms with Crippen LogP contribution in [-0.2, 0) is 16.0 Å². The number of carbonyl (C=O) groups is 2. The standard InChI is InChI=1S/C20H19ClN2O2/c21-16-8-2-3-9-17(16)22-19(24)14-12-15(14)20(25)23-11-5-7-13-6-1-4-10-18(13)23/h1-4,6,8-10,14-15H,5,7,11-12H2,(H,22,24). The highest BCUT2D eigenvalue weighted by molar-refractivity contribution is 6.33. The van der Waals surface area contributed by atoms with E-state index in [9.17, 15) is 9.59 Å². The highest BCUT2D eigenvalue weighted by Crippen LogP contribution is 2.43. The Hall–Kier alpha value is -2.33. The van der Waals surface area contributed by atoms with E-state index >= 15 is 0 Å². The highest BCUT2D eigenvalue weighted by Gasteiger charge is 2.50. The molecular weight excluding hydrogens is 336 g/mol. The van der Waals surface area contributed by atoms with E-state index in [1.54, 1.807) is 12.1 Å². The van der Waals surface area contributed by atoms with Gasteiger partial charge < -0.3 is 10.2 Å². The monoisotopic (exact) mass is 354 g/mol. The van der Waals surface area contributed by atoms with Crippen LogP contribution in [0.1, 0.15) is 18.4 Å². The molecule has 2 aromatic carbocycles. The second-order valence-electron chi connectivity index (χ2n) is 6.64. The van der Waals surface area contributed by atoms with E-state index in [-0.39, 0.29) is 23.7 Å². The van der Waals surface area contributed by atoms with Crippen LogP contribution in [0, 0.1) is 11.8 Å². The van der Waals surface area contributed by atoms with E-state index in [0.29, 0.717) is 17.1 Å². The Morgan fingerprint density at radius 2 is 1.80 bits per heavy atom. The van der Waals surface area contributed by atoms with E-state index in [4.69, 9.17) is 11.6 Å². The summed E-state index contributed by atoms with van der Waals surface area (Å²) in [5.41, 5.74) is 2.80. The topological polar surface area (TPSA) is 49.4 Å². The van der Waals surface area contributed by atoms with E-state index in [1.165, 1.54) is 5.56 Å². The van der Waals surface area contributed by atoms with Gasteiger partial charge in [0.05, 0.1) is 22.5 Å². The van der Waals surface area contributed by atoms with Crippen LogP contribution in [0.15, 0.2) is 48.5 Å². The molecular formula is C20H19ClN2O2. The summed E-state index contributed by atoms with van der Waals surface area (Å²) in [7, 11) is 0. The lowest BCUT2D eigenvalue weighted by molar-refractivity contribution is -0.123. The molecule has 1 aliphatic carbocycles. The van der Waals surface area contributed by atoms with Crippen molar-refractivity contribution in [3.8, 4) is 0 Å². The molecule has 0 spiro atoms. The van der Waals surface area contributed by atoms with Crippen molar-refractivity contribution in [3.63, 3.8) is 0 Å². The Balaban J connectivity index is 1.44. The van der Waals surface area contributed by atoms with Gasteiger partial charge in [-0.2, -0.15) is 0 Å². The first kappa shape index (κ1) is 16.2. The molecule has 1 heterocycles. The quantitative estimate of drug-likeness (QED) is 0.908. The van der Waals surface area contributed by atoms with Crippen molar-refractivity contribution in [1.29, 1.82) is 0 Å². The molecule has 5 heteroatoms. The molecule has 1 aliphatic heterocycles. The number of hydrogen-bond donors (Lipinski definition) is 1. The smallest absolute Gasteiger partial charge is 0.230 e. The molecule has 2 atom stereocenters. The molecule has 2 aromatic rings. The number of amides is 2. The molecule has 1 fully saturated rings. The SMILES string of the molecule is O=C(Nc1ccccc1Cl)C1CC1C(=O)N1CCCc2ccccc21. The Kier molecular flexibility index (Phi) is 4.22. The van der Waals surface area contributed by atoms with E-state index in [1.807, 2.05) is 35.2 Å². The first-order valence-corrected chi connectivity index (χ1v) is 8.97. The molecule has 0 saturated heterocycles. The van der Waals surface area contributed by atoms with Gasteiger partial charge in [-0.05, 0) is 43.0 Å². The van der Waals surface area contributed by atoms with Crippen LogP contribution in [0.2, 0.25) is 5.02 Å². The van der Waals surface area contributed by atoms with Crippen LogP contribution in [0.25, 0.3) is 0 Å². The zero-order chi connectivity index (χ0) is 17.4. The molecule has 0 bridgehead atoms. The number of anilines is 2. The third kappa shape index (κ3) is 3.14. The van der Waals surface area contributed by atoms with Crippen LogP contribution in [0.4, 0.5) is 11.4 Å². The predicted octanol–water partition coefficient (Wildman–Crippen LogP) is 3.89. The second-order valence-corrected chi connectivity index (χ2v) is 7.05. The van der Waals surface area contributed by atoms with Crippen molar-refractivity contribution in [1.82, 2.24) is 0 Å². The summed E-state index contributed by atoms with van der Waals surface area (Å²) in [6.45, 7) is 0.727. The van der Waals surface area contributed by atoms with Gasteiger partial charge in [-0.1, -0.05) is 41.9 Å². The van der Waals surface area contributed by atoms with E-state index < -0.39 is 0 Å². The van der Waals surface area contributed by atoms with Crippen LogP contribution < -0.4 is 10.2 Å². The zero-order valence-electron chi connectivity index (χ0n) is 13.7. The normalized spacial score (nSPS) is 21.4. The summed E-state index contributed by atoms with van der Waals surface area (Å²) < 4.78 is 0. The lowest BCUT2D eigenvalue weighted by Gasteiger charge is -2.29. The highest BCUT2D eigenvalue weighted by atomic mass is 35.5. The first-order chi connectivity index (χ1) is 12.1. The molecule has 4 rings (SSSR count). The molecule has 2 amide bonds. The molecule has 25 heavy (non-hydrogen) atoms. The number of nitrogens with zero attached hydrogens (tertiary/aromatic N) is 1. The number of fused-ring (bicyclic) bond motifs is 1. The molecule has 1 N–H and O–H groups in total. The summed E-state index contributed by atoms with van der Waals surface area (Å²) >= 11 is 6.08. The average molecular weight is 355 g/mol. The maximum atomic E-state index is 12.9. The van der Waals surface area contributed by atoms with E-state index in [0.717, 1.165) is 25.1 Å². The minimum atomic E-state index is -0.266. The molecule has 128 valence electrons. The lowest BCUT2D eigenvalue weighted by atomic mass is 10.0. The minimum absolute atomic E-state index is 0.0615. The van der Waals surface area contributed by atoms with Crippen molar-refractivity contribution in [2.24, 2.45) is 11.8 Å². The molecule has 1 saturated carbocycles. The summed E-state index contributed by atoms with van der Waals surface area (Å²) in [6.07, 6.45) is 2.57. The number of benzene rings is 2. The molecule has 4 nitrogen and oxygen atoms in total. The number of halogens is 1. The number of nitrogens with one attached hydrogen (secondary N) is 1. The number of hydrogen-bond acceptors (Lipinski definition) is 2. The Morgan fingerprint density at radius 1 is 1.04 bits per heavy atom. The van der Waals surface area contributed by atoms with Gasteiger partial charge in [-0.25, -0.2) is 0 Å². The summed E-state index contributed by atoms with van der Waals surface area (Å²) in [6, 6.07) is 15.2. The molecule has 0 aromatic heterocycles. The van der Waals surface area contributed by atoms with Gasteiger partial charge >= 0.3 is 0 Å². The molecule has 0 radical (unpaired) electrons. The Bertz CT molecular complexity index is 836. The predicted molar refractivity (Wildman–Crippen MR) is 98.8 cm³/mol. The fraction of sp³-hybridized carbons (Fsp3) is 0.300. The maximum absolute atomic E-state index is 12.9. The fourth-order valence-electron chi connectivity index (χ4n) is 3.51.